The van der Waals surface area contributed by atoms with Crippen molar-refractivity contribution < 1.29 is 14.3 Å². The molecule has 1 saturated heterocycles. The average molecular weight is 368 g/mol. The molecule has 1 aliphatic heterocycles. The molecule has 0 spiro atoms. The van der Waals surface area contributed by atoms with E-state index >= 15 is 0 Å². The molecule has 1 fully saturated rings. The Balaban J connectivity index is 1.64. The predicted octanol–water partition coefficient (Wildman–Crippen LogP) is 2.42. The van der Waals surface area contributed by atoms with Crippen LogP contribution in [0.2, 0.25) is 0 Å². The van der Waals surface area contributed by atoms with E-state index in [-0.39, 0.29) is 18.5 Å². The van der Waals surface area contributed by atoms with Crippen LogP contribution in [0.4, 0.5) is 4.39 Å². The van der Waals surface area contributed by atoms with E-state index in [1.165, 1.54) is 6.07 Å². The zero-order valence-electron chi connectivity index (χ0n) is 14.8. The van der Waals surface area contributed by atoms with Crippen LogP contribution in [0.1, 0.15) is 28.8 Å². The van der Waals surface area contributed by atoms with Gasteiger partial charge in [0.15, 0.2) is 0 Å². The van der Waals surface area contributed by atoms with Gasteiger partial charge in [-0.2, -0.15) is 0 Å². The van der Waals surface area contributed by atoms with Crippen LogP contribution in [-0.4, -0.2) is 45.1 Å². The summed E-state index contributed by atoms with van der Waals surface area (Å²) >= 11 is 0. The number of carbonyl (C=O) groups is 1. The van der Waals surface area contributed by atoms with Crippen LogP contribution in [0, 0.1) is 5.82 Å². The van der Waals surface area contributed by atoms with Crippen molar-refractivity contribution in [2.45, 2.75) is 25.4 Å². The molecular weight excluding hydrogens is 347 g/mol. The molecule has 1 aromatic heterocycles. The highest BCUT2D eigenvalue weighted by atomic mass is 19.1. The lowest BCUT2D eigenvalue weighted by atomic mass is 10.1. The van der Waals surface area contributed by atoms with Crippen LogP contribution < -0.4 is 5.73 Å². The van der Waals surface area contributed by atoms with E-state index < -0.39 is 5.91 Å². The minimum absolute atomic E-state index is 0.127. The third-order valence-electron chi connectivity index (χ3n) is 5.16. The number of carbonyl (C=O) groups excluding carboxylic acids is 1. The maximum atomic E-state index is 14.8. The lowest BCUT2D eigenvalue weighted by molar-refractivity contribution is 0.100. The van der Waals surface area contributed by atoms with Crippen molar-refractivity contribution in [1.29, 1.82) is 0 Å². The first-order valence-corrected chi connectivity index (χ1v) is 8.99. The highest BCUT2D eigenvalue weighted by Gasteiger charge is 2.24. The number of nitrogens with zero attached hydrogens (tertiary/aromatic N) is 2. The molecule has 2 heterocycles. The number of hydrogen-bond acceptors (Lipinski definition) is 4. The SMILES string of the molecule is NC(=O)c1cccc2[nH]c(-c3ccc(CN4CCC[C@H]4CO)cc3F)nc12. The van der Waals surface area contributed by atoms with E-state index in [0.717, 1.165) is 24.9 Å². The van der Waals surface area contributed by atoms with Crippen molar-refractivity contribution in [2.24, 2.45) is 5.73 Å². The van der Waals surface area contributed by atoms with Crippen molar-refractivity contribution in [3.8, 4) is 11.4 Å². The van der Waals surface area contributed by atoms with Crippen LogP contribution in [0.5, 0.6) is 0 Å². The molecule has 0 saturated carbocycles. The fraction of sp³-hybridized carbons (Fsp3) is 0.300. The molecule has 6 nitrogen and oxygen atoms in total. The zero-order valence-corrected chi connectivity index (χ0v) is 14.8. The summed E-state index contributed by atoms with van der Waals surface area (Å²) in [5, 5.41) is 9.43. The second kappa shape index (κ2) is 7.09. The summed E-state index contributed by atoms with van der Waals surface area (Å²) in [6.07, 6.45) is 2.02. The number of primary amides is 1. The first-order chi connectivity index (χ1) is 13.1. The maximum Gasteiger partial charge on any atom is 0.250 e. The number of likely N-dealkylation sites (tertiary alicyclic amines) is 1. The molecule has 0 aliphatic carbocycles. The third-order valence-corrected chi connectivity index (χ3v) is 5.16. The molecule has 1 atom stereocenters. The number of rotatable bonds is 5. The van der Waals surface area contributed by atoms with E-state index in [9.17, 15) is 14.3 Å². The summed E-state index contributed by atoms with van der Waals surface area (Å²) in [6, 6.07) is 10.3. The number of amides is 1. The number of aromatic nitrogens is 2. The molecular formula is C20H21FN4O2. The van der Waals surface area contributed by atoms with E-state index in [1.54, 1.807) is 24.3 Å². The van der Waals surface area contributed by atoms with E-state index in [1.807, 2.05) is 6.07 Å². The van der Waals surface area contributed by atoms with Gasteiger partial charge in [-0.15, -0.1) is 0 Å². The van der Waals surface area contributed by atoms with Crippen molar-refractivity contribution in [1.82, 2.24) is 14.9 Å². The Hall–Kier alpha value is -2.77. The average Bonchev–Trinajstić information content (AvgIpc) is 3.27. The first kappa shape index (κ1) is 17.6. The number of aromatic amines is 1. The quantitative estimate of drug-likeness (QED) is 0.644. The number of aliphatic hydroxyl groups excluding tert-OH is 1. The molecule has 3 aromatic rings. The first-order valence-electron chi connectivity index (χ1n) is 8.99. The van der Waals surface area contributed by atoms with Gasteiger partial charge < -0.3 is 15.8 Å². The lowest BCUT2D eigenvalue weighted by Crippen LogP contribution is -2.31. The smallest absolute Gasteiger partial charge is 0.250 e. The maximum absolute atomic E-state index is 14.8. The summed E-state index contributed by atoms with van der Waals surface area (Å²) in [5.41, 5.74) is 7.95. The fourth-order valence-corrected chi connectivity index (χ4v) is 3.75. The largest absolute Gasteiger partial charge is 0.395 e. The van der Waals surface area contributed by atoms with Gasteiger partial charge in [-0.25, -0.2) is 9.37 Å². The number of aliphatic hydroxyl groups is 1. The number of para-hydroxylation sites is 1. The molecule has 0 radical (unpaired) electrons. The van der Waals surface area contributed by atoms with Crippen molar-refractivity contribution >= 4 is 16.9 Å². The topological polar surface area (TPSA) is 95.2 Å². The number of nitrogens with one attached hydrogen (secondary N) is 1. The van der Waals surface area contributed by atoms with Gasteiger partial charge in [-0.05, 0) is 49.2 Å². The molecule has 1 amide bonds. The monoisotopic (exact) mass is 368 g/mol. The number of hydrogen-bond donors (Lipinski definition) is 3. The van der Waals surface area contributed by atoms with Crippen molar-refractivity contribution in [2.75, 3.05) is 13.2 Å². The Labute approximate surface area is 155 Å². The number of nitrogens with two attached hydrogens (primary N) is 1. The standard InChI is InChI=1S/C20H21FN4O2/c21-16-9-12(10-25-8-2-3-13(25)11-26)6-7-14(16)20-23-17-5-1-4-15(19(22)27)18(17)24-20/h1,4-7,9,13,26H,2-3,8,10-11H2,(H2,22,27)(H,23,24)/t13-/m0/s1. The lowest BCUT2D eigenvalue weighted by Gasteiger charge is -2.22. The Morgan fingerprint density at radius 2 is 2.22 bits per heavy atom. The minimum Gasteiger partial charge on any atom is -0.395 e. The van der Waals surface area contributed by atoms with Gasteiger partial charge in [0.2, 0.25) is 0 Å². The molecule has 1 aliphatic rings. The number of H-pyrrole nitrogens is 1. The molecule has 7 heteroatoms. The minimum atomic E-state index is -0.571. The molecule has 4 N–H and O–H groups in total. The third kappa shape index (κ3) is 3.31. The van der Waals surface area contributed by atoms with Gasteiger partial charge >= 0.3 is 0 Å². The summed E-state index contributed by atoms with van der Waals surface area (Å²) in [6.45, 7) is 1.64. The Kier molecular flexibility index (Phi) is 4.63. The fourth-order valence-electron chi connectivity index (χ4n) is 3.75. The summed E-state index contributed by atoms with van der Waals surface area (Å²) in [4.78, 5) is 21.2. The van der Waals surface area contributed by atoms with Gasteiger partial charge in [0, 0.05) is 12.6 Å². The van der Waals surface area contributed by atoms with Crippen molar-refractivity contribution in [3.63, 3.8) is 0 Å². The highest BCUT2D eigenvalue weighted by molar-refractivity contribution is 6.04. The Bertz CT molecular complexity index is 1000. The van der Waals surface area contributed by atoms with Crippen LogP contribution >= 0.6 is 0 Å². The van der Waals surface area contributed by atoms with Gasteiger partial charge in [0.1, 0.15) is 17.2 Å². The second-order valence-corrected chi connectivity index (χ2v) is 6.91. The summed E-state index contributed by atoms with van der Waals surface area (Å²) in [5.74, 6) is -0.595. The normalized spacial score (nSPS) is 17.6. The van der Waals surface area contributed by atoms with Crippen LogP contribution in [-0.2, 0) is 6.54 Å². The van der Waals surface area contributed by atoms with Gasteiger partial charge in [0.05, 0.1) is 23.3 Å². The van der Waals surface area contributed by atoms with Crippen molar-refractivity contribution in [3.05, 3.63) is 53.3 Å². The number of fused-ring (bicyclic) bond motifs is 1. The number of halogens is 1. The second-order valence-electron chi connectivity index (χ2n) is 6.91. The zero-order chi connectivity index (χ0) is 19.0. The summed E-state index contributed by atoms with van der Waals surface area (Å²) < 4.78 is 14.8. The summed E-state index contributed by atoms with van der Waals surface area (Å²) in [7, 11) is 0. The number of benzene rings is 2. The van der Waals surface area contributed by atoms with Gasteiger partial charge in [-0.3, -0.25) is 9.69 Å². The van der Waals surface area contributed by atoms with E-state index in [4.69, 9.17) is 5.73 Å². The molecule has 140 valence electrons. The molecule has 2 aromatic carbocycles. The Morgan fingerprint density at radius 3 is 2.96 bits per heavy atom. The molecule has 0 unspecified atom stereocenters. The van der Waals surface area contributed by atoms with E-state index in [0.29, 0.717) is 34.5 Å². The Morgan fingerprint density at radius 1 is 1.37 bits per heavy atom. The highest BCUT2D eigenvalue weighted by Crippen LogP contribution is 2.27. The van der Waals surface area contributed by atoms with Gasteiger partial charge in [-0.1, -0.05) is 12.1 Å². The number of imidazole rings is 1. The molecule has 0 bridgehead atoms. The van der Waals surface area contributed by atoms with Crippen LogP contribution in [0.3, 0.4) is 0 Å². The van der Waals surface area contributed by atoms with Crippen LogP contribution in [0.15, 0.2) is 36.4 Å². The van der Waals surface area contributed by atoms with Crippen LogP contribution in [0.25, 0.3) is 22.4 Å². The molecule has 27 heavy (non-hydrogen) atoms. The van der Waals surface area contributed by atoms with E-state index in [2.05, 4.69) is 14.9 Å². The molecule has 4 rings (SSSR count). The van der Waals surface area contributed by atoms with Gasteiger partial charge in [0.25, 0.3) is 5.91 Å². The predicted molar refractivity (Wildman–Crippen MR) is 101 cm³/mol.